The van der Waals surface area contributed by atoms with Crippen LogP contribution < -0.4 is 33.1 Å². The fraction of sp³-hybridized carbons (Fsp3) is 0.485. The molecule has 0 fully saturated rings. The van der Waals surface area contributed by atoms with E-state index in [1.165, 1.54) is 9.13 Å². The zero-order valence-corrected chi connectivity index (χ0v) is 26.8. The number of rotatable bonds is 18. The summed E-state index contributed by atoms with van der Waals surface area (Å²) >= 11 is 0. The van der Waals surface area contributed by atoms with E-state index in [0.29, 0.717) is 60.6 Å². The van der Waals surface area contributed by atoms with E-state index in [1.54, 1.807) is 48.5 Å². The molecule has 0 radical (unpaired) electrons. The lowest BCUT2D eigenvalue weighted by Gasteiger charge is -2.19. The van der Waals surface area contributed by atoms with Crippen molar-refractivity contribution >= 4 is 40.1 Å². The lowest BCUT2D eigenvalue weighted by atomic mass is 10.1. The Labute approximate surface area is 267 Å². The second-order valence-electron chi connectivity index (χ2n) is 11.3. The van der Waals surface area contributed by atoms with Gasteiger partial charge in [0.1, 0.15) is 0 Å². The average Bonchev–Trinajstić information content (AvgIpc) is 3.02. The van der Waals surface area contributed by atoms with Gasteiger partial charge in [0.25, 0.3) is 11.1 Å². The Morgan fingerprint density at radius 1 is 0.711 bits per heavy atom. The molecule has 0 saturated carbocycles. The van der Waals surface area contributed by atoms with Gasteiger partial charge in [0, 0.05) is 32.1 Å². The van der Waals surface area contributed by atoms with Crippen molar-refractivity contribution in [3.63, 3.8) is 0 Å². The Morgan fingerprint density at radius 3 is 1.87 bits per heavy atom. The topological polar surface area (TPSA) is 151 Å². The van der Waals surface area contributed by atoms with Crippen molar-refractivity contribution in [2.24, 2.45) is 0 Å². The monoisotopic (exact) mass is 640 g/mol. The van der Waals surface area contributed by atoms with Crippen LogP contribution in [-0.2, 0) is 17.9 Å². The molecule has 11 nitrogen and oxygen atoms in total. The van der Waals surface area contributed by atoms with Crippen molar-refractivity contribution in [1.82, 2.24) is 29.7 Å². The highest BCUT2D eigenvalue weighted by Gasteiger charge is 2.12. The molecular weight excluding hydrogens is 596 g/mol. The highest BCUT2D eigenvalue weighted by Crippen LogP contribution is 2.09. The number of para-hydroxylation sites is 2. The van der Waals surface area contributed by atoms with Crippen molar-refractivity contribution in [3.8, 4) is 0 Å². The number of H-pyrrole nitrogens is 2. The molecule has 4 N–H and O–H groups in total. The molecule has 2 heterocycles. The molecule has 1 unspecified atom stereocenters. The summed E-state index contributed by atoms with van der Waals surface area (Å²) in [6.45, 7) is 3.86. The van der Waals surface area contributed by atoms with Crippen LogP contribution in [0.2, 0.25) is 0 Å². The van der Waals surface area contributed by atoms with E-state index in [0.717, 1.165) is 38.5 Å². The molecule has 4 rings (SSSR count). The number of benzene rings is 2. The first-order valence-electron chi connectivity index (χ1n) is 15.8. The molecule has 244 valence electrons. The van der Waals surface area contributed by atoms with Gasteiger partial charge in [-0.3, -0.25) is 23.5 Å². The second kappa shape index (κ2) is 18.1. The van der Waals surface area contributed by atoms with Gasteiger partial charge in [-0.05, 0) is 69.3 Å². The van der Waals surface area contributed by atoms with Crippen LogP contribution in [0.1, 0.15) is 71.1 Å². The maximum absolute atomic E-state index is 12.9. The minimum absolute atomic E-state index is 0. The van der Waals surface area contributed by atoms with E-state index in [2.05, 4.69) is 27.5 Å². The maximum atomic E-state index is 12.9. The van der Waals surface area contributed by atoms with Crippen molar-refractivity contribution in [2.75, 3.05) is 13.1 Å². The minimum atomic E-state index is -0.429. The maximum Gasteiger partial charge on any atom is 0.328 e. The molecule has 12 heteroatoms. The van der Waals surface area contributed by atoms with Crippen molar-refractivity contribution in [3.05, 3.63) is 90.2 Å². The number of aromatic nitrogens is 4. The van der Waals surface area contributed by atoms with E-state index in [9.17, 15) is 24.0 Å². The number of hydrogen-bond acceptors (Lipinski definition) is 6. The Balaban J connectivity index is 0.00000552. The third-order valence-corrected chi connectivity index (χ3v) is 8.01. The third-order valence-electron chi connectivity index (χ3n) is 8.01. The van der Waals surface area contributed by atoms with E-state index < -0.39 is 11.4 Å². The van der Waals surface area contributed by atoms with Crippen molar-refractivity contribution < 1.29 is 4.79 Å². The van der Waals surface area contributed by atoms with Gasteiger partial charge in [0.2, 0.25) is 5.91 Å². The Bertz CT molecular complexity index is 1780. The van der Waals surface area contributed by atoms with Gasteiger partial charge in [0.15, 0.2) is 0 Å². The number of aromatic amines is 2. The first-order chi connectivity index (χ1) is 21.4. The molecular formula is C33H45ClN6O5. The molecule has 0 saturated heterocycles. The summed E-state index contributed by atoms with van der Waals surface area (Å²) in [4.78, 5) is 68.6. The Morgan fingerprint density at radius 2 is 1.27 bits per heavy atom. The van der Waals surface area contributed by atoms with E-state index in [-0.39, 0.29) is 48.6 Å². The molecule has 0 spiro atoms. The number of carbonyl (C=O) groups is 1. The lowest BCUT2D eigenvalue weighted by molar-refractivity contribution is -0.121. The Hall–Kier alpha value is -3.96. The average molecular weight is 641 g/mol. The highest BCUT2D eigenvalue weighted by atomic mass is 35.5. The van der Waals surface area contributed by atoms with Gasteiger partial charge in [-0.1, -0.05) is 50.5 Å². The highest BCUT2D eigenvalue weighted by molar-refractivity contribution is 5.85. The van der Waals surface area contributed by atoms with Crippen molar-refractivity contribution in [1.29, 1.82) is 0 Å². The summed E-state index contributed by atoms with van der Waals surface area (Å²) < 4.78 is 2.48. The molecule has 0 bridgehead atoms. The molecule has 2 aromatic carbocycles. The van der Waals surface area contributed by atoms with Crippen LogP contribution in [0.5, 0.6) is 0 Å². The van der Waals surface area contributed by atoms with Gasteiger partial charge < -0.3 is 20.6 Å². The fourth-order valence-electron chi connectivity index (χ4n) is 5.57. The van der Waals surface area contributed by atoms with Crippen LogP contribution in [0.25, 0.3) is 21.8 Å². The van der Waals surface area contributed by atoms with Gasteiger partial charge in [-0.15, -0.1) is 12.4 Å². The van der Waals surface area contributed by atoms with E-state index in [4.69, 9.17) is 0 Å². The Kier molecular flexibility index (Phi) is 14.3. The SMILES string of the molecule is CCCCCCC(=O)NCCCC(CCCn1c(=O)[nH]c2ccccc2c1=O)NCCCn1c(=O)[nH]c2ccccc2c1=O.Cl. The number of halogens is 1. The molecule has 45 heavy (non-hydrogen) atoms. The number of amides is 1. The first kappa shape index (κ1) is 35.5. The number of unbranched alkanes of at least 4 members (excludes halogenated alkanes) is 3. The fourth-order valence-corrected chi connectivity index (χ4v) is 5.57. The predicted molar refractivity (Wildman–Crippen MR) is 182 cm³/mol. The molecule has 2 aromatic heterocycles. The number of hydrogen-bond donors (Lipinski definition) is 4. The summed E-state index contributed by atoms with van der Waals surface area (Å²) in [6.07, 6.45) is 8.23. The van der Waals surface area contributed by atoms with Crippen LogP contribution in [-0.4, -0.2) is 44.1 Å². The zero-order chi connectivity index (χ0) is 31.3. The number of fused-ring (bicyclic) bond motifs is 2. The third kappa shape index (κ3) is 10.0. The number of nitrogens with zero attached hydrogens (tertiary/aromatic N) is 2. The molecule has 4 aromatic rings. The first-order valence-corrected chi connectivity index (χ1v) is 15.8. The smallest absolute Gasteiger partial charge is 0.328 e. The second-order valence-corrected chi connectivity index (χ2v) is 11.3. The van der Waals surface area contributed by atoms with E-state index >= 15 is 0 Å². The van der Waals surface area contributed by atoms with Crippen LogP contribution in [0.3, 0.4) is 0 Å². The quantitative estimate of drug-likeness (QED) is 0.121. The summed E-state index contributed by atoms with van der Waals surface area (Å²) in [6, 6.07) is 14.0. The summed E-state index contributed by atoms with van der Waals surface area (Å²) in [5.41, 5.74) is -0.420. The number of carbonyl (C=O) groups excluding carboxylic acids is 1. The van der Waals surface area contributed by atoms with Gasteiger partial charge in [-0.2, -0.15) is 0 Å². The molecule has 0 aliphatic carbocycles. The summed E-state index contributed by atoms with van der Waals surface area (Å²) in [5.74, 6) is 0.0755. The predicted octanol–water partition coefficient (Wildman–Crippen LogP) is 3.81. The summed E-state index contributed by atoms with van der Waals surface area (Å²) in [7, 11) is 0. The van der Waals surface area contributed by atoms with Crippen molar-refractivity contribution in [2.45, 2.75) is 90.3 Å². The molecule has 1 atom stereocenters. The number of nitrogens with one attached hydrogen (secondary N) is 4. The largest absolute Gasteiger partial charge is 0.356 e. The zero-order valence-electron chi connectivity index (χ0n) is 25.9. The lowest BCUT2D eigenvalue weighted by Crippen LogP contribution is -2.37. The van der Waals surface area contributed by atoms with Crippen LogP contribution in [0, 0.1) is 0 Å². The summed E-state index contributed by atoms with van der Waals surface area (Å²) in [5, 5.41) is 7.50. The molecule has 0 aliphatic heterocycles. The van der Waals surface area contributed by atoms with E-state index in [1.807, 2.05) is 0 Å². The van der Waals surface area contributed by atoms with Crippen LogP contribution >= 0.6 is 12.4 Å². The van der Waals surface area contributed by atoms with Gasteiger partial charge >= 0.3 is 11.4 Å². The van der Waals surface area contributed by atoms with Gasteiger partial charge in [0.05, 0.1) is 21.8 Å². The standard InChI is InChI=1S/C33H44N6O5.ClH/c1-2-3-4-5-19-29(40)35-20-10-13-24(14-11-22-38-30(41)25-15-6-8-17-27(25)36-32(38)43)34-21-12-23-39-31(42)26-16-7-9-18-28(26)37-33(39)44;/h6-9,15-18,24,34H,2-5,10-14,19-23H2,1H3,(H,35,40)(H,36,43)(H,37,44);1H. The van der Waals surface area contributed by atoms with Gasteiger partial charge in [-0.25, -0.2) is 9.59 Å². The molecule has 0 aliphatic rings. The minimum Gasteiger partial charge on any atom is -0.356 e. The van der Waals surface area contributed by atoms with Crippen LogP contribution in [0.4, 0.5) is 0 Å². The van der Waals surface area contributed by atoms with Crippen LogP contribution in [0.15, 0.2) is 67.7 Å². The normalized spacial score (nSPS) is 11.8. The molecule has 1 amide bonds.